The molecule has 2 aromatic rings. The minimum atomic E-state index is -0.216. The Hall–Kier alpha value is -2.62. The van der Waals surface area contributed by atoms with Gasteiger partial charge >= 0.3 is 0 Å². The van der Waals surface area contributed by atoms with E-state index in [2.05, 4.69) is 26.1 Å². The second-order valence-electron chi connectivity index (χ2n) is 7.72. The molecular formula is C22H28N2O2. The van der Waals surface area contributed by atoms with Crippen LogP contribution in [0.15, 0.2) is 42.5 Å². The van der Waals surface area contributed by atoms with Gasteiger partial charge in [-0.3, -0.25) is 9.59 Å². The van der Waals surface area contributed by atoms with Crippen LogP contribution < -0.4 is 10.2 Å². The van der Waals surface area contributed by atoms with Gasteiger partial charge in [0.05, 0.1) is 0 Å². The summed E-state index contributed by atoms with van der Waals surface area (Å²) in [5.41, 5.74) is 4.72. The molecule has 0 aromatic heterocycles. The highest BCUT2D eigenvalue weighted by Crippen LogP contribution is 2.32. The van der Waals surface area contributed by atoms with Crippen molar-refractivity contribution in [3.63, 3.8) is 0 Å². The second-order valence-corrected chi connectivity index (χ2v) is 7.72. The maximum Gasteiger partial charge on any atom is 0.244 e. The van der Waals surface area contributed by atoms with Crippen molar-refractivity contribution in [2.75, 3.05) is 16.8 Å². The molecule has 0 spiro atoms. The number of amides is 2. The van der Waals surface area contributed by atoms with Crippen molar-refractivity contribution in [1.29, 1.82) is 0 Å². The molecule has 0 unspecified atom stereocenters. The van der Waals surface area contributed by atoms with Gasteiger partial charge in [-0.05, 0) is 54.2 Å². The van der Waals surface area contributed by atoms with Gasteiger partial charge in [0, 0.05) is 18.3 Å². The lowest BCUT2D eigenvalue weighted by molar-refractivity contribution is -0.120. The number of benzene rings is 2. The van der Waals surface area contributed by atoms with Crippen LogP contribution in [-0.2, 0) is 15.0 Å². The number of hydrogen-bond acceptors (Lipinski definition) is 2. The number of carbonyl (C=O) groups excluding carboxylic acids is 2. The van der Waals surface area contributed by atoms with Gasteiger partial charge in [-0.25, -0.2) is 0 Å². The molecule has 0 aliphatic rings. The first kappa shape index (κ1) is 19.7. The van der Waals surface area contributed by atoms with E-state index in [9.17, 15) is 9.59 Å². The number of nitrogens with zero attached hydrogens (tertiary/aromatic N) is 1. The SMILES string of the molecule is CC(=O)N(CC(=O)Nc1ccc(C)c(C)c1)c1ccccc1C(C)(C)C. The summed E-state index contributed by atoms with van der Waals surface area (Å²) in [5.74, 6) is -0.371. The molecule has 138 valence electrons. The highest BCUT2D eigenvalue weighted by Gasteiger charge is 2.24. The number of aryl methyl sites for hydroxylation is 2. The van der Waals surface area contributed by atoms with Crippen LogP contribution in [0, 0.1) is 13.8 Å². The Kier molecular flexibility index (Phi) is 5.86. The van der Waals surface area contributed by atoms with Crippen LogP contribution in [0.2, 0.25) is 0 Å². The Bertz CT molecular complexity index is 819. The lowest BCUT2D eigenvalue weighted by atomic mass is 9.85. The zero-order chi connectivity index (χ0) is 19.5. The average molecular weight is 352 g/mol. The highest BCUT2D eigenvalue weighted by molar-refractivity contribution is 6.02. The Balaban J connectivity index is 2.25. The van der Waals surface area contributed by atoms with Gasteiger partial charge in [0.2, 0.25) is 11.8 Å². The van der Waals surface area contributed by atoms with Crippen LogP contribution >= 0.6 is 0 Å². The molecule has 2 rings (SSSR count). The van der Waals surface area contributed by atoms with Crippen molar-refractivity contribution < 1.29 is 9.59 Å². The van der Waals surface area contributed by atoms with Crippen LogP contribution in [-0.4, -0.2) is 18.4 Å². The first-order valence-electron chi connectivity index (χ1n) is 8.84. The lowest BCUT2D eigenvalue weighted by Crippen LogP contribution is -2.38. The van der Waals surface area contributed by atoms with Crippen molar-refractivity contribution in [2.45, 2.75) is 47.0 Å². The molecule has 0 atom stereocenters. The maximum atomic E-state index is 12.6. The van der Waals surface area contributed by atoms with Crippen LogP contribution in [0.5, 0.6) is 0 Å². The summed E-state index contributed by atoms with van der Waals surface area (Å²) in [6.45, 7) is 11.8. The summed E-state index contributed by atoms with van der Waals surface area (Å²) in [5, 5.41) is 2.89. The summed E-state index contributed by atoms with van der Waals surface area (Å²) >= 11 is 0. The first-order valence-corrected chi connectivity index (χ1v) is 8.84. The molecule has 4 nitrogen and oxygen atoms in total. The standard InChI is InChI=1S/C22H28N2O2/c1-15-11-12-18(13-16(15)2)23-21(26)14-24(17(3)25)20-10-8-7-9-19(20)22(4,5)6/h7-13H,14H2,1-6H3,(H,23,26). The fourth-order valence-electron chi connectivity index (χ4n) is 2.87. The minimum Gasteiger partial charge on any atom is -0.325 e. The van der Waals surface area contributed by atoms with Gasteiger partial charge in [-0.15, -0.1) is 0 Å². The van der Waals surface area contributed by atoms with Crippen LogP contribution in [0.1, 0.15) is 44.4 Å². The van der Waals surface area contributed by atoms with E-state index in [0.29, 0.717) is 0 Å². The monoisotopic (exact) mass is 352 g/mol. The van der Waals surface area contributed by atoms with Crippen molar-refractivity contribution in [2.24, 2.45) is 0 Å². The Morgan fingerprint density at radius 1 is 1.00 bits per heavy atom. The Morgan fingerprint density at radius 2 is 1.65 bits per heavy atom. The smallest absolute Gasteiger partial charge is 0.244 e. The van der Waals surface area contributed by atoms with Crippen molar-refractivity contribution in [3.05, 3.63) is 59.2 Å². The summed E-state index contributed by atoms with van der Waals surface area (Å²) in [6.07, 6.45) is 0. The van der Waals surface area contributed by atoms with E-state index in [1.165, 1.54) is 17.4 Å². The normalized spacial score (nSPS) is 11.2. The Morgan fingerprint density at radius 3 is 2.23 bits per heavy atom. The molecule has 0 aliphatic carbocycles. The van der Waals surface area contributed by atoms with E-state index >= 15 is 0 Å². The Labute approximate surface area is 156 Å². The van der Waals surface area contributed by atoms with Crippen molar-refractivity contribution >= 4 is 23.2 Å². The van der Waals surface area contributed by atoms with E-state index in [1.807, 2.05) is 56.3 Å². The van der Waals surface area contributed by atoms with Crippen molar-refractivity contribution in [1.82, 2.24) is 0 Å². The van der Waals surface area contributed by atoms with Gasteiger partial charge in [0.15, 0.2) is 0 Å². The summed E-state index contributed by atoms with van der Waals surface area (Å²) < 4.78 is 0. The number of nitrogens with one attached hydrogen (secondary N) is 1. The third-order valence-corrected chi connectivity index (χ3v) is 4.48. The van der Waals surface area contributed by atoms with E-state index in [0.717, 1.165) is 22.5 Å². The predicted octanol–water partition coefficient (Wildman–Crippen LogP) is 4.59. The van der Waals surface area contributed by atoms with Crippen molar-refractivity contribution in [3.8, 4) is 0 Å². The quantitative estimate of drug-likeness (QED) is 0.875. The topological polar surface area (TPSA) is 49.4 Å². The molecule has 0 heterocycles. The maximum absolute atomic E-state index is 12.6. The number of rotatable bonds is 4. The number of anilines is 2. The predicted molar refractivity (Wildman–Crippen MR) is 108 cm³/mol. The van der Waals surface area contributed by atoms with Crippen LogP contribution in [0.25, 0.3) is 0 Å². The van der Waals surface area contributed by atoms with E-state index in [4.69, 9.17) is 0 Å². The van der Waals surface area contributed by atoms with Gasteiger partial charge in [-0.2, -0.15) is 0 Å². The fourth-order valence-corrected chi connectivity index (χ4v) is 2.87. The van der Waals surface area contributed by atoms with Gasteiger partial charge in [0.25, 0.3) is 0 Å². The molecule has 0 saturated heterocycles. The average Bonchev–Trinajstić information content (AvgIpc) is 2.55. The number of para-hydroxylation sites is 1. The molecule has 0 saturated carbocycles. The van der Waals surface area contributed by atoms with Crippen LogP contribution in [0.4, 0.5) is 11.4 Å². The molecule has 4 heteroatoms. The third-order valence-electron chi connectivity index (χ3n) is 4.48. The minimum absolute atomic E-state index is 0.0185. The van der Waals surface area contributed by atoms with Gasteiger partial charge in [0.1, 0.15) is 6.54 Å². The zero-order valence-electron chi connectivity index (χ0n) is 16.5. The molecule has 0 radical (unpaired) electrons. The fraction of sp³-hybridized carbons (Fsp3) is 0.364. The second kappa shape index (κ2) is 7.73. The molecular weight excluding hydrogens is 324 g/mol. The molecule has 0 bridgehead atoms. The molecule has 0 aliphatic heterocycles. The lowest BCUT2D eigenvalue weighted by Gasteiger charge is -2.29. The summed E-state index contributed by atoms with van der Waals surface area (Å²) in [4.78, 5) is 26.3. The molecule has 0 fully saturated rings. The van der Waals surface area contributed by atoms with E-state index in [-0.39, 0.29) is 23.8 Å². The summed E-state index contributed by atoms with van der Waals surface area (Å²) in [7, 11) is 0. The highest BCUT2D eigenvalue weighted by atomic mass is 16.2. The first-order chi connectivity index (χ1) is 12.1. The molecule has 2 aromatic carbocycles. The van der Waals surface area contributed by atoms with E-state index in [1.54, 1.807) is 0 Å². The molecule has 1 N–H and O–H groups in total. The molecule has 2 amide bonds. The number of hydrogen-bond donors (Lipinski definition) is 1. The zero-order valence-corrected chi connectivity index (χ0v) is 16.5. The van der Waals surface area contributed by atoms with Gasteiger partial charge in [-0.1, -0.05) is 45.0 Å². The van der Waals surface area contributed by atoms with Crippen LogP contribution in [0.3, 0.4) is 0 Å². The van der Waals surface area contributed by atoms with E-state index < -0.39 is 0 Å². The largest absolute Gasteiger partial charge is 0.325 e. The summed E-state index contributed by atoms with van der Waals surface area (Å²) in [6, 6.07) is 13.5. The third kappa shape index (κ3) is 4.72. The molecule has 26 heavy (non-hydrogen) atoms. The van der Waals surface area contributed by atoms with Gasteiger partial charge < -0.3 is 10.2 Å². The number of carbonyl (C=O) groups is 2.